The third kappa shape index (κ3) is 2.63. The first kappa shape index (κ1) is 10.3. The Morgan fingerprint density at radius 2 is 2.43 bits per heavy atom. The number of nitrogens with two attached hydrogens (primary N) is 1. The van der Waals surface area contributed by atoms with E-state index in [4.69, 9.17) is 10.8 Å². The summed E-state index contributed by atoms with van der Waals surface area (Å²) in [6.45, 7) is 0. The predicted octanol–water partition coefficient (Wildman–Crippen LogP) is -0.152. The summed E-state index contributed by atoms with van der Waals surface area (Å²) in [5.41, 5.74) is 6.28. The highest BCUT2D eigenvalue weighted by Crippen LogP contribution is 2.01. The molecular formula is C9H10N2O3. The van der Waals surface area contributed by atoms with E-state index in [1.54, 1.807) is 6.07 Å². The summed E-state index contributed by atoms with van der Waals surface area (Å²) in [5.74, 6) is -1.08. The molecule has 0 bridgehead atoms. The summed E-state index contributed by atoms with van der Waals surface area (Å²) in [7, 11) is 0. The van der Waals surface area contributed by atoms with E-state index >= 15 is 0 Å². The number of carboxylic acids is 1. The van der Waals surface area contributed by atoms with Crippen LogP contribution in [0.25, 0.3) is 0 Å². The number of carbonyl (C=O) groups excluding carboxylic acids is 1. The van der Waals surface area contributed by atoms with E-state index in [9.17, 15) is 9.59 Å². The van der Waals surface area contributed by atoms with Crippen LogP contribution in [0.1, 0.15) is 16.1 Å². The lowest BCUT2D eigenvalue weighted by molar-refractivity contribution is -0.138. The zero-order valence-electron chi connectivity index (χ0n) is 7.38. The van der Waals surface area contributed by atoms with Gasteiger partial charge >= 0.3 is 5.97 Å². The van der Waals surface area contributed by atoms with Gasteiger partial charge in [0.15, 0.2) is 0 Å². The Kier molecular flexibility index (Phi) is 3.30. The number of pyridine rings is 1. The highest BCUT2D eigenvalue weighted by atomic mass is 16.4. The molecule has 1 atom stereocenters. The van der Waals surface area contributed by atoms with E-state index in [0.717, 1.165) is 0 Å². The quantitative estimate of drug-likeness (QED) is 0.650. The first-order valence-corrected chi connectivity index (χ1v) is 4.02. The second-order valence-corrected chi connectivity index (χ2v) is 2.85. The molecule has 5 nitrogen and oxygen atoms in total. The number of aldehydes is 1. The van der Waals surface area contributed by atoms with Gasteiger partial charge in [0.2, 0.25) is 0 Å². The largest absolute Gasteiger partial charge is 0.480 e. The molecule has 5 heteroatoms. The van der Waals surface area contributed by atoms with E-state index in [1.807, 2.05) is 0 Å². The fourth-order valence-corrected chi connectivity index (χ4v) is 0.994. The molecule has 0 aliphatic carbocycles. The molecule has 0 saturated carbocycles. The maximum Gasteiger partial charge on any atom is 0.320 e. The van der Waals surface area contributed by atoms with Crippen molar-refractivity contribution in [3.63, 3.8) is 0 Å². The van der Waals surface area contributed by atoms with Crippen LogP contribution in [-0.4, -0.2) is 28.4 Å². The van der Waals surface area contributed by atoms with Gasteiger partial charge in [0.1, 0.15) is 12.3 Å². The van der Waals surface area contributed by atoms with Gasteiger partial charge in [-0.15, -0.1) is 0 Å². The van der Waals surface area contributed by atoms with Crippen LogP contribution in [0.3, 0.4) is 0 Å². The fraction of sp³-hybridized carbons (Fsp3) is 0.222. The Labute approximate surface area is 80.6 Å². The van der Waals surface area contributed by atoms with Crippen molar-refractivity contribution in [3.8, 4) is 0 Å². The third-order valence-corrected chi connectivity index (χ3v) is 1.72. The van der Waals surface area contributed by atoms with Gasteiger partial charge in [-0.2, -0.15) is 0 Å². The van der Waals surface area contributed by atoms with Crippen molar-refractivity contribution < 1.29 is 14.7 Å². The van der Waals surface area contributed by atoms with Gasteiger partial charge in [-0.25, -0.2) is 0 Å². The maximum absolute atomic E-state index is 10.4. The maximum atomic E-state index is 10.4. The van der Waals surface area contributed by atoms with Crippen molar-refractivity contribution in [3.05, 3.63) is 29.6 Å². The average Bonchev–Trinajstić information content (AvgIpc) is 2.18. The van der Waals surface area contributed by atoms with Crippen LogP contribution in [-0.2, 0) is 11.2 Å². The lowest BCUT2D eigenvalue weighted by Crippen LogP contribution is -2.32. The van der Waals surface area contributed by atoms with E-state index in [2.05, 4.69) is 4.98 Å². The Balaban J connectivity index is 2.76. The number of hydrogen-bond acceptors (Lipinski definition) is 4. The van der Waals surface area contributed by atoms with E-state index < -0.39 is 12.0 Å². The standard InChI is InChI=1S/C9H10N2O3/c10-8(9(13)14)4-7-3-6(5-12)1-2-11-7/h1-3,5,8H,4,10H2,(H,13,14). The predicted molar refractivity (Wildman–Crippen MR) is 48.9 cm³/mol. The van der Waals surface area contributed by atoms with Crippen LogP contribution in [0.4, 0.5) is 0 Å². The summed E-state index contributed by atoms with van der Waals surface area (Å²) >= 11 is 0. The average molecular weight is 194 g/mol. The molecule has 1 aromatic rings. The summed E-state index contributed by atoms with van der Waals surface area (Å²) < 4.78 is 0. The van der Waals surface area contributed by atoms with Crippen molar-refractivity contribution >= 4 is 12.3 Å². The topological polar surface area (TPSA) is 93.3 Å². The Hall–Kier alpha value is -1.75. The molecule has 0 amide bonds. The van der Waals surface area contributed by atoms with E-state index in [1.165, 1.54) is 12.3 Å². The molecule has 1 unspecified atom stereocenters. The molecule has 3 N–H and O–H groups in total. The molecule has 0 aliphatic heterocycles. The molecule has 0 fully saturated rings. The molecule has 0 spiro atoms. The minimum atomic E-state index is -1.08. The van der Waals surface area contributed by atoms with Gasteiger partial charge < -0.3 is 10.8 Å². The minimum absolute atomic E-state index is 0.122. The smallest absolute Gasteiger partial charge is 0.320 e. The Bertz CT molecular complexity index is 352. The highest BCUT2D eigenvalue weighted by molar-refractivity contribution is 5.75. The van der Waals surface area contributed by atoms with Gasteiger partial charge in [-0.05, 0) is 12.1 Å². The van der Waals surface area contributed by atoms with Crippen LogP contribution in [0, 0.1) is 0 Å². The molecule has 0 radical (unpaired) electrons. The number of nitrogens with zero attached hydrogens (tertiary/aromatic N) is 1. The van der Waals surface area contributed by atoms with Crippen molar-refractivity contribution in [1.29, 1.82) is 0 Å². The van der Waals surface area contributed by atoms with Crippen molar-refractivity contribution in [2.45, 2.75) is 12.5 Å². The van der Waals surface area contributed by atoms with Crippen molar-refractivity contribution in [1.82, 2.24) is 4.98 Å². The van der Waals surface area contributed by atoms with Gasteiger partial charge in [-0.3, -0.25) is 14.6 Å². The summed E-state index contributed by atoms with van der Waals surface area (Å²) in [4.78, 5) is 24.7. The van der Waals surface area contributed by atoms with Crippen LogP contribution in [0.2, 0.25) is 0 Å². The van der Waals surface area contributed by atoms with Crippen LogP contribution in [0.5, 0.6) is 0 Å². The third-order valence-electron chi connectivity index (χ3n) is 1.72. The number of aromatic nitrogens is 1. The number of rotatable bonds is 4. The Morgan fingerprint density at radius 1 is 1.71 bits per heavy atom. The molecular weight excluding hydrogens is 184 g/mol. The van der Waals surface area contributed by atoms with Crippen molar-refractivity contribution in [2.24, 2.45) is 5.73 Å². The lowest BCUT2D eigenvalue weighted by Gasteiger charge is -2.05. The second-order valence-electron chi connectivity index (χ2n) is 2.85. The molecule has 1 rings (SSSR count). The monoisotopic (exact) mass is 194 g/mol. The van der Waals surface area contributed by atoms with Crippen molar-refractivity contribution in [2.75, 3.05) is 0 Å². The van der Waals surface area contributed by atoms with Gasteiger partial charge in [0.05, 0.1) is 0 Å². The zero-order valence-corrected chi connectivity index (χ0v) is 7.38. The minimum Gasteiger partial charge on any atom is -0.480 e. The van der Waals surface area contributed by atoms with E-state index in [-0.39, 0.29) is 6.42 Å². The molecule has 0 aromatic carbocycles. The molecule has 1 heterocycles. The highest BCUT2D eigenvalue weighted by Gasteiger charge is 2.12. The summed E-state index contributed by atoms with van der Waals surface area (Å²) in [5, 5.41) is 8.55. The SMILES string of the molecule is NC(Cc1cc(C=O)ccn1)C(=O)O. The van der Waals surface area contributed by atoms with Gasteiger partial charge in [-0.1, -0.05) is 0 Å². The Morgan fingerprint density at radius 3 is 3.00 bits per heavy atom. The number of aliphatic carboxylic acids is 1. The summed E-state index contributed by atoms with van der Waals surface area (Å²) in [6, 6.07) is 2.09. The van der Waals surface area contributed by atoms with E-state index in [0.29, 0.717) is 17.5 Å². The van der Waals surface area contributed by atoms with Crippen LogP contribution < -0.4 is 5.73 Å². The second kappa shape index (κ2) is 4.48. The molecule has 74 valence electrons. The number of hydrogen-bond donors (Lipinski definition) is 2. The molecule has 14 heavy (non-hydrogen) atoms. The molecule has 1 aromatic heterocycles. The van der Waals surface area contributed by atoms with Gasteiger partial charge in [0.25, 0.3) is 0 Å². The van der Waals surface area contributed by atoms with Crippen LogP contribution in [0.15, 0.2) is 18.3 Å². The summed E-state index contributed by atoms with van der Waals surface area (Å²) in [6.07, 6.45) is 2.25. The molecule has 0 saturated heterocycles. The lowest BCUT2D eigenvalue weighted by atomic mass is 10.1. The fourth-order valence-electron chi connectivity index (χ4n) is 0.994. The molecule has 0 aliphatic rings. The van der Waals surface area contributed by atoms with Gasteiger partial charge in [0, 0.05) is 23.9 Å². The normalized spacial score (nSPS) is 12.1. The zero-order chi connectivity index (χ0) is 10.6. The van der Waals surface area contributed by atoms with Crippen LogP contribution >= 0.6 is 0 Å². The first-order valence-electron chi connectivity index (χ1n) is 4.02. The number of carbonyl (C=O) groups is 2. The first-order chi connectivity index (χ1) is 6.63. The number of carboxylic acid groups (broad SMARTS) is 1.